The number of nitro benzene ring substituents is 1. The molecule has 6 heteroatoms. The number of nitro groups is 1. The van der Waals surface area contributed by atoms with Crippen LogP contribution in [0.3, 0.4) is 0 Å². The Hall–Kier alpha value is -1.95. The van der Waals surface area contributed by atoms with Crippen LogP contribution in [0.1, 0.15) is 30.1 Å². The summed E-state index contributed by atoms with van der Waals surface area (Å²) in [6.45, 7) is 3.35. The van der Waals surface area contributed by atoms with Crippen molar-refractivity contribution in [2.24, 2.45) is 0 Å². The first-order chi connectivity index (χ1) is 9.90. The number of Topliss-reactive ketones (excluding diaryl/α,β-unsaturated/α-hetero) is 1. The van der Waals surface area contributed by atoms with Crippen LogP contribution in [0.4, 0.5) is 11.4 Å². The molecule has 114 valence electrons. The van der Waals surface area contributed by atoms with Gasteiger partial charge in [-0.2, -0.15) is 0 Å². The largest absolute Gasteiger partial charge is 0.372 e. The zero-order valence-corrected chi connectivity index (χ0v) is 12.7. The van der Waals surface area contributed by atoms with Gasteiger partial charge in [0.1, 0.15) is 0 Å². The van der Waals surface area contributed by atoms with Crippen molar-refractivity contribution in [3.63, 3.8) is 0 Å². The topological polar surface area (TPSA) is 66.7 Å². The minimum Gasteiger partial charge on any atom is -0.372 e. The molecular weight excluding hydrogens is 270 g/mol. The Labute approximate surface area is 124 Å². The maximum atomic E-state index is 11.8. The van der Waals surface area contributed by atoms with E-state index >= 15 is 0 Å². The van der Waals surface area contributed by atoms with Crippen molar-refractivity contribution >= 4 is 17.2 Å². The highest BCUT2D eigenvalue weighted by molar-refractivity contribution is 6.00. The Kier molecular flexibility index (Phi) is 4.57. The molecule has 1 aromatic rings. The standard InChI is InChI=1S/C15H21N3O3/c1-11(19)14-9-12(18(20)21)6-7-15(14)17(3)10-13-5-4-8-16(13)2/h6-7,9,13H,4-5,8,10H2,1-3H3. The number of likely N-dealkylation sites (N-methyl/N-ethyl adjacent to an activating group) is 2. The molecule has 6 nitrogen and oxygen atoms in total. The van der Waals surface area contributed by atoms with E-state index in [0.29, 0.717) is 11.6 Å². The minimum absolute atomic E-state index is 0.0460. The van der Waals surface area contributed by atoms with Crippen LogP contribution in [0.25, 0.3) is 0 Å². The van der Waals surface area contributed by atoms with Crippen LogP contribution in [-0.2, 0) is 0 Å². The molecule has 1 fully saturated rings. The van der Waals surface area contributed by atoms with E-state index < -0.39 is 4.92 Å². The third-order valence-corrected chi connectivity index (χ3v) is 4.14. The van der Waals surface area contributed by atoms with Crippen LogP contribution in [-0.4, -0.2) is 48.8 Å². The van der Waals surface area contributed by atoms with Gasteiger partial charge in [0.25, 0.3) is 5.69 Å². The molecule has 0 aromatic heterocycles. The molecule has 21 heavy (non-hydrogen) atoms. The van der Waals surface area contributed by atoms with Crippen molar-refractivity contribution in [3.8, 4) is 0 Å². The van der Waals surface area contributed by atoms with Gasteiger partial charge in [0.05, 0.1) is 4.92 Å². The number of carbonyl (C=O) groups excluding carboxylic acids is 1. The van der Waals surface area contributed by atoms with Crippen molar-refractivity contribution in [1.82, 2.24) is 4.90 Å². The number of nitrogens with zero attached hydrogens (tertiary/aromatic N) is 3. The molecule has 0 bridgehead atoms. The van der Waals surface area contributed by atoms with Gasteiger partial charge in [0, 0.05) is 43.0 Å². The molecule has 1 atom stereocenters. The van der Waals surface area contributed by atoms with E-state index in [0.717, 1.165) is 25.2 Å². The lowest BCUT2D eigenvalue weighted by Gasteiger charge is -2.28. The van der Waals surface area contributed by atoms with Crippen molar-refractivity contribution in [3.05, 3.63) is 33.9 Å². The van der Waals surface area contributed by atoms with Crippen molar-refractivity contribution < 1.29 is 9.72 Å². The fourth-order valence-electron chi connectivity index (χ4n) is 2.88. The van der Waals surface area contributed by atoms with Crippen LogP contribution in [0.15, 0.2) is 18.2 Å². The Morgan fingerprint density at radius 3 is 2.76 bits per heavy atom. The van der Waals surface area contributed by atoms with Gasteiger partial charge in [-0.05, 0) is 39.4 Å². The molecule has 1 aliphatic heterocycles. The first-order valence-electron chi connectivity index (χ1n) is 7.11. The van der Waals surface area contributed by atoms with Crippen molar-refractivity contribution in [1.29, 1.82) is 0 Å². The normalized spacial score (nSPS) is 18.7. The highest BCUT2D eigenvalue weighted by atomic mass is 16.6. The third-order valence-electron chi connectivity index (χ3n) is 4.14. The maximum Gasteiger partial charge on any atom is 0.270 e. The molecule has 1 unspecified atom stereocenters. The lowest BCUT2D eigenvalue weighted by Crippen LogP contribution is -2.37. The van der Waals surface area contributed by atoms with Crippen molar-refractivity contribution in [2.75, 3.05) is 32.1 Å². The zero-order valence-electron chi connectivity index (χ0n) is 12.7. The van der Waals surface area contributed by atoms with E-state index in [1.807, 2.05) is 11.9 Å². The summed E-state index contributed by atoms with van der Waals surface area (Å²) in [6.07, 6.45) is 2.33. The number of non-ortho nitro benzene ring substituents is 1. The molecule has 0 N–H and O–H groups in total. The van der Waals surface area contributed by atoms with E-state index in [-0.39, 0.29) is 11.5 Å². The molecule has 1 aromatic carbocycles. The van der Waals surface area contributed by atoms with Gasteiger partial charge >= 0.3 is 0 Å². The summed E-state index contributed by atoms with van der Waals surface area (Å²) < 4.78 is 0. The van der Waals surface area contributed by atoms with Crippen LogP contribution in [0.5, 0.6) is 0 Å². The Bertz CT molecular complexity index is 559. The minimum atomic E-state index is -0.471. The summed E-state index contributed by atoms with van der Waals surface area (Å²) >= 11 is 0. The van der Waals surface area contributed by atoms with Crippen LogP contribution in [0, 0.1) is 10.1 Å². The van der Waals surface area contributed by atoms with Crippen LogP contribution in [0.2, 0.25) is 0 Å². The average Bonchev–Trinajstić information content (AvgIpc) is 2.83. The summed E-state index contributed by atoms with van der Waals surface area (Å²) in [6, 6.07) is 4.96. The Morgan fingerprint density at radius 1 is 1.52 bits per heavy atom. The lowest BCUT2D eigenvalue weighted by atomic mass is 10.1. The molecule has 1 heterocycles. The number of anilines is 1. The van der Waals surface area contributed by atoms with Gasteiger partial charge in [0.15, 0.2) is 5.78 Å². The molecule has 0 aliphatic carbocycles. The summed E-state index contributed by atoms with van der Waals surface area (Å²) in [5, 5.41) is 10.9. The number of likely N-dealkylation sites (tertiary alicyclic amines) is 1. The predicted molar refractivity (Wildman–Crippen MR) is 82.0 cm³/mol. The second-order valence-corrected chi connectivity index (χ2v) is 5.67. The monoisotopic (exact) mass is 291 g/mol. The summed E-state index contributed by atoms with van der Waals surface area (Å²) in [5.74, 6) is -0.152. The number of ketones is 1. The quantitative estimate of drug-likeness (QED) is 0.473. The zero-order chi connectivity index (χ0) is 15.6. The SMILES string of the molecule is CC(=O)c1cc([N+](=O)[O-])ccc1N(C)CC1CCCN1C. The smallest absolute Gasteiger partial charge is 0.270 e. The summed E-state index contributed by atoms with van der Waals surface area (Å²) in [5.41, 5.74) is 1.12. The second-order valence-electron chi connectivity index (χ2n) is 5.67. The number of carbonyl (C=O) groups is 1. The van der Waals surface area contributed by atoms with E-state index in [1.54, 1.807) is 6.07 Å². The lowest BCUT2D eigenvalue weighted by molar-refractivity contribution is -0.384. The molecule has 1 saturated heterocycles. The fourth-order valence-corrected chi connectivity index (χ4v) is 2.88. The summed E-state index contributed by atoms with van der Waals surface area (Å²) in [4.78, 5) is 26.5. The molecule has 0 amide bonds. The van der Waals surface area contributed by atoms with E-state index in [2.05, 4.69) is 11.9 Å². The number of rotatable bonds is 5. The first-order valence-corrected chi connectivity index (χ1v) is 7.11. The average molecular weight is 291 g/mol. The van der Waals surface area contributed by atoms with Crippen LogP contribution < -0.4 is 4.90 Å². The maximum absolute atomic E-state index is 11.8. The van der Waals surface area contributed by atoms with Gasteiger partial charge < -0.3 is 9.80 Å². The van der Waals surface area contributed by atoms with Gasteiger partial charge in [-0.25, -0.2) is 0 Å². The molecular formula is C15H21N3O3. The highest BCUT2D eigenvalue weighted by Crippen LogP contribution is 2.27. The van der Waals surface area contributed by atoms with Crippen LogP contribution >= 0.6 is 0 Å². The highest BCUT2D eigenvalue weighted by Gasteiger charge is 2.24. The van der Waals surface area contributed by atoms with E-state index in [9.17, 15) is 14.9 Å². The molecule has 2 rings (SSSR count). The molecule has 0 saturated carbocycles. The molecule has 1 aliphatic rings. The molecule has 0 spiro atoms. The van der Waals surface area contributed by atoms with Crippen molar-refractivity contribution in [2.45, 2.75) is 25.8 Å². The van der Waals surface area contributed by atoms with Gasteiger partial charge in [0.2, 0.25) is 0 Å². The van der Waals surface area contributed by atoms with E-state index in [4.69, 9.17) is 0 Å². The Morgan fingerprint density at radius 2 is 2.24 bits per heavy atom. The number of hydrogen-bond acceptors (Lipinski definition) is 5. The Balaban J connectivity index is 2.25. The first kappa shape index (κ1) is 15.4. The number of hydrogen-bond donors (Lipinski definition) is 0. The van der Waals surface area contributed by atoms with E-state index in [1.165, 1.54) is 25.5 Å². The predicted octanol–water partition coefficient (Wildman–Crippen LogP) is 2.33. The second kappa shape index (κ2) is 6.22. The molecule has 0 radical (unpaired) electrons. The fraction of sp³-hybridized carbons (Fsp3) is 0.533. The number of benzene rings is 1. The van der Waals surface area contributed by atoms with Gasteiger partial charge in [-0.1, -0.05) is 0 Å². The van der Waals surface area contributed by atoms with Gasteiger partial charge in [-0.15, -0.1) is 0 Å². The summed E-state index contributed by atoms with van der Waals surface area (Å²) in [7, 11) is 4.03. The van der Waals surface area contributed by atoms with Gasteiger partial charge in [-0.3, -0.25) is 14.9 Å². The third kappa shape index (κ3) is 3.39.